The third-order valence-corrected chi connectivity index (χ3v) is 4.23. The van der Waals surface area contributed by atoms with Crippen molar-refractivity contribution in [2.45, 2.75) is 20.4 Å². The number of fused-ring (bicyclic) bond motifs is 3. The first-order valence-corrected chi connectivity index (χ1v) is 8.14. The van der Waals surface area contributed by atoms with Crippen LogP contribution in [0, 0.1) is 19.7 Å². The summed E-state index contributed by atoms with van der Waals surface area (Å²) in [4.78, 5) is 13.1. The third kappa shape index (κ3) is 2.71. The number of furan rings is 1. The van der Waals surface area contributed by atoms with Gasteiger partial charge in [-0.15, -0.1) is 0 Å². The molecule has 3 heterocycles. The maximum atomic E-state index is 13.8. The number of hydrogen-bond donors (Lipinski definition) is 1. The molecule has 0 aliphatic heterocycles. The molecule has 0 spiro atoms. The predicted molar refractivity (Wildman–Crippen MR) is 96.9 cm³/mol. The smallest absolute Gasteiger partial charge is 0.229 e. The van der Waals surface area contributed by atoms with Crippen molar-refractivity contribution in [1.82, 2.24) is 15.0 Å². The van der Waals surface area contributed by atoms with Gasteiger partial charge in [-0.25, -0.2) is 19.3 Å². The molecular weight excluding hydrogens is 335 g/mol. The SMILES string of the molecule is COc1ccc(CNc2ncnc3c2oc2nc(C)cc(C)c23)cc1F. The third-order valence-electron chi connectivity index (χ3n) is 4.23. The minimum Gasteiger partial charge on any atom is -0.494 e. The molecule has 0 saturated carbocycles. The molecule has 0 fully saturated rings. The van der Waals surface area contributed by atoms with Crippen LogP contribution in [0.25, 0.3) is 22.2 Å². The number of pyridine rings is 1. The Kier molecular flexibility index (Phi) is 3.91. The standard InChI is InChI=1S/C19H17FN4O2/c1-10-6-11(2)24-19-15(10)16-17(26-19)18(23-9-22-16)21-8-12-4-5-14(25-3)13(20)7-12/h4-7,9H,8H2,1-3H3,(H,21,22,23). The summed E-state index contributed by atoms with van der Waals surface area (Å²) in [7, 11) is 1.44. The average Bonchev–Trinajstić information content (AvgIpc) is 2.99. The molecule has 6 nitrogen and oxygen atoms in total. The number of aromatic nitrogens is 3. The van der Waals surface area contributed by atoms with Crippen molar-refractivity contribution in [3.05, 3.63) is 53.2 Å². The second kappa shape index (κ2) is 6.25. The van der Waals surface area contributed by atoms with E-state index in [1.54, 1.807) is 12.1 Å². The first kappa shape index (κ1) is 16.3. The fourth-order valence-electron chi connectivity index (χ4n) is 3.04. The number of nitrogens with one attached hydrogen (secondary N) is 1. The van der Waals surface area contributed by atoms with Crippen LogP contribution < -0.4 is 10.1 Å². The van der Waals surface area contributed by atoms with E-state index in [-0.39, 0.29) is 5.75 Å². The predicted octanol–water partition coefficient (Wildman–Crippen LogP) is 4.15. The molecule has 0 amide bonds. The normalized spacial score (nSPS) is 11.2. The summed E-state index contributed by atoms with van der Waals surface area (Å²) in [6, 6.07) is 6.81. The van der Waals surface area contributed by atoms with Crippen molar-refractivity contribution >= 4 is 28.0 Å². The molecule has 0 radical (unpaired) electrons. The molecule has 7 heteroatoms. The van der Waals surface area contributed by atoms with Crippen molar-refractivity contribution in [2.75, 3.05) is 12.4 Å². The minimum absolute atomic E-state index is 0.215. The molecule has 0 saturated heterocycles. The summed E-state index contributed by atoms with van der Waals surface area (Å²) in [5.41, 5.74) is 4.48. The van der Waals surface area contributed by atoms with Gasteiger partial charge >= 0.3 is 0 Å². The number of benzene rings is 1. The quantitative estimate of drug-likeness (QED) is 0.595. The van der Waals surface area contributed by atoms with Gasteiger partial charge in [-0.2, -0.15) is 0 Å². The first-order valence-electron chi connectivity index (χ1n) is 8.14. The molecule has 0 aliphatic carbocycles. The van der Waals surface area contributed by atoms with Crippen molar-refractivity contribution in [3.63, 3.8) is 0 Å². The van der Waals surface area contributed by atoms with Crippen LogP contribution in [-0.4, -0.2) is 22.1 Å². The van der Waals surface area contributed by atoms with Crippen molar-refractivity contribution in [3.8, 4) is 5.75 Å². The van der Waals surface area contributed by atoms with Crippen LogP contribution in [0.2, 0.25) is 0 Å². The lowest BCUT2D eigenvalue weighted by atomic mass is 10.1. The number of aryl methyl sites for hydroxylation is 2. The highest BCUT2D eigenvalue weighted by molar-refractivity contribution is 6.05. The van der Waals surface area contributed by atoms with E-state index in [4.69, 9.17) is 9.15 Å². The van der Waals surface area contributed by atoms with Gasteiger partial charge in [-0.05, 0) is 43.2 Å². The molecule has 1 N–H and O–H groups in total. The van der Waals surface area contributed by atoms with E-state index in [2.05, 4.69) is 20.3 Å². The molecule has 0 atom stereocenters. The highest BCUT2D eigenvalue weighted by Gasteiger charge is 2.16. The number of ether oxygens (including phenoxy) is 1. The van der Waals surface area contributed by atoms with Crippen LogP contribution in [-0.2, 0) is 6.54 Å². The number of nitrogens with zero attached hydrogens (tertiary/aromatic N) is 3. The Labute approximate surface area is 149 Å². The van der Waals surface area contributed by atoms with Gasteiger partial charge in [0.15, 0.2) is 23.0 Å². The van der Waals surface area contributed by atoms with Gasteiger partial charge < -0.3 is 14.5 Å². The monoisotopic (exact) mass is 352 g/mol. The van der Waals surface area contributed by atoms with E-state index in [1.165, 1.54) is 19.5 Å². The Morgan fingerprint density at radius 1 is 1.19 bits per heavy atom. The molecule has 1 aromatic carbocycles. The van der Waals surface area contributed by atoms with Crippen LogP contribution in [0.4, 0.5) is 10.2 Å². The zero-order valence-electron chi connectivity index (χ0n) is 14.6. The van der Waals surface area contributed by atoms with Gasteiger partial charge in [0.05, 0.1) is 12.5 Å². The highest BCUT2D eigenvalue weighted by Crippen LogP contribution is 2.32. The summed E-state index contributed by atoms with van der Waals surface area (Å²) in [5.74, 6) is 0.354. The Morgan fingerprint density at radius 2 is 2.04 bits per heavy atom. The van der Waals surface area contributed by atoms with Gasteiger partial charge in [0.25, 0.3) is 0 Å². The highest BCUT2D eigenvalue weighted by atomic mass is 19.1. The summed E-state index contributed by atoms with van der Waals surface area (Å²) in [6.45, 7) is 4.31. The molecular formula is C19H17FN4O2. The van der Waals surface area contributed by atoms with Crippen LogP contribution >= 0.6 is 0 Å². The zero-order valence-corrected chi connectivity index (χ0v) is 14.6. The maximum absolute atomic E-state index is 13.8. The number of anilines is 1. The van der Waals surface area contributed by atoms with E-state index in [0.717, 1.165) is 22.2 Å². The van der Waals surface area contributed by atoms with Crippen LogP contribution in [0.15, 0.2) is 35.0 Å². The summed E-state index contributed by atoms with van der Waals surface area (Å²) < 4.78 is 24.7. The minimum atomic E-state index is -0.404. The van der Waals surface area contributed by atoms with Crippen LogP contribution in [0.3, 0.4) is 0 Å². The van der Waals surface area contributed by atoms with Gasteiger partial charge in [0.2, 0.25) is 5.71 Å². The van der Waals surface area contributed by atoms with E-state index in [9.17, 15) is 4.39 Å². The lowest BCUT2D eigenvalue weighted by Crippen LogP contribution is -2.02. The van der Waals surface area contributed by atoms with E-state index >= 15 is 0 Å². The van der Waals surface area contributed by atoms with Gasteiger partial charge in [0, 0.05) is 12.2 Å². The Balaban J connectivity index is 1.71. The second-order valence-electron chi connectivity index (χ2n) is 6.09. The fourth-order valence-corrected chi connectivity index (χ4v) is 3.04. The molecule has 3 aromatic heterocycles. The second-order valence-corrected chi connectivity index (χ2v) is 6.09. The lowest BCUT2D eigenvalue weighted by molar-refractivity contribution is 0.386. The van der Waals surface area contributed by atoms with Gasteiger partial charge in [0.1, 0.15) is 11.8 Å². The van der Waals surface area contributed by atoms with E-state index in [0.29, 0.717) is 29.2 Å². The number of methoxy groups -OCH3 is 1. The molecule has 4 rings (SSSR count). The fraction of sp³-hybridized carbons (Fsp3) is 0.211. The van der Waals surface area contributed by atoms with Crippen molar-refractivity contribution in [2.24, 2.45) is 0 Å². The molecule has 26 heavy (non-hydrogen) atoms. The Morgan fingerprint density at radius 3 is 2.81 bits per heavy atom. The number of rotatable bonds is 4. The number of hydrogen-bond acceptors (Lipinski definition) is 6. The molecule has 0 unspecified atom stereocenters. The van der Waals surface area contributed by atoms with E-state index in [1.807, 2.05) is 19.9 Å². The maximum Gasteiger partial charge on any atom is 0.229 e. The molecule has 4 aromatic rings. The van der Waals surface area contributed by atoms with Crippen molar-refractivity contribution in [1.29, 1.82) is 0 Å². The topological polar surface area (TPSA) is 73.1 Å². The number of halogens is 1. The van der Waals surface area contributed by atoms with Gasteiger partial charge in [-0.3, -0.25) is 0 Å². The summed E-state index contributed by atoms with van der Waals surface area (Å²) >= 11 is 0. The average molecular weight is 352 g/mol. The summed E-state index contributed by atoms with van der Waals surface area (Å²) in [5, 5.41) is 4.06. The Bertz CT molecular complexity index is 1120. The molecule has 0 bridgehead atoms. The van der Waals surface area contributed by atoms with Crippen LogP contribution in [0.1, 0.15) is 16.8 Å². The molecule has 132 valence electrons. The Hall–Kier alpha value is -3.22. The molecule has 0 aliphatic rings. The van der Waals surface area contributed by atoms with Gasteiger partial charge in [-0.1, -0.05) is 6.07 Å². The van der Waals surface area contributed by atoms with Crippen molar-refractivity contribution < 1.29 is 13.5 Å². The van der Waals surface area contributed by atoms with E-state index < -0.39 is 5.82 Å². The van der Waals surface area contributed by atoms with Crippen LogP contribution in [0.5, 0.6) is 5.75 Å². The zero-order chi connectivity index (χ0) is 18.3. The first-order chi connectivity index (χ1) is 12.6. The summed E-state index contributed by atoms with van der Waals surface area (Å²) in [6.07, 6.45) is 1.48. The largest absolute Gasteiger partial charge is 0.494 e. The lowest BCUT2D eigenvalue weighted by Gasteiger charge is -2.07.